The van der Waals surface area contributed by atoms with Crippen molar-refractivity contribution in [3.63, 3.8) is 0 Å². The fourth-order valence-corrected chi connectivity index (χ4v) is 3.91. The number of rotatable bonds is 7. The second-order valence-corrected chi connectivity index (χ2v) is 7.44. The van der Waals surface area contributed by atoms with Crippen molar-refractivity contribution >= 4 is 23.2 Å². The maximum absolute atomic E-state index is 11.9. The second kappa shape index (κ2) is 8.94. The largest absolute Gasteiger partial charge is 0.455 e. The summed E-state index contributed by atoms with van der Waals surface area (Å²) >= 11 is 1.51. The van der Waals surface area contributed by atoms with Crippen LogP contribution >= 0.6 is 11.3 Å². The number of thiazole rings is 1. The van der Waals surface area contributed by atoms with E-state index in [2.05, 4.69) is 29.4 Å². The summed E-state index contributed by atoms with van der Waals surface area (Å²) in [5, 5.41) is 5.65. The first-order valence-electron chi connectivity index (χ1n) is 9.12. The molecule has 1 fully saturated rings. The van der Waals surface area contributed by atoms with Crippen molar-refractivity contribution in [2.45, 2.75) is 51.5 Å². The molecular formula is C20H24N2O3S. The summed E-state index contributed by atoms with van der Waals surface area (Å²) in [6.45, 7) is 1.90. The summed E-state index contributed by atoms with van der Waals surface area (Å²) in [4.78, 5) is 28.2. The molecule has 1 N–H and O–H groups in total. The van der Waals surface area contributed by atoms with Crippen LogP contribution in [0.5, 0.6) is 0 Å². The molecular weight excluding hydrogens is 348 g/mol. The lowest BCUT2D eigenvalue weighted by Crippen LogP contribution is -2.36. The van der Waals surface area contributed by atoms with Crippen LogP contribution in [0.25, 0.3) is 10.6 Å². The summed E-state index contributed by atoms with van der Waals surface area (Å²) in [6, 6.07) is 8.52. The molecule has 0 radical (unpaired) electrons. The van der Waals surface area contributed by atoms with Crippen molar-refractivity contribution in [3.05, 3.63) is 40.9 Å². The molecule has 0 atom stereocenters. The van der Waals surface area contributed by atoms with Gasteiger partial charge in [0.05, 0.1) is 12.1 Å². The van der Waals surface area contributed by atoms with Gasteiger partial charge in [0.25, 0.3) is 5.91 Å². The maximum atomic E-state index is 11.9. The molecule has 0 spiro atoms. The van der Waals surface area contributed by atoms with Gasteiger partial charge in [0.2, 0.25) is 0 Å². The van der Waals surface area contributed by atoms with E-state index in [1.165, 1.54) is 16.9 Å². The zero-order valence-corrected chi connectivity index (χ0v) is 15.8. The zero-order chi connectivity index (χ0) is 18.4. The minimum absolute atomic E-state index is 0.0836. The van der Waals surface area contributed by atoms with E-state index in [0.717, 1.165) is 42.7 Å². The Hall–Kier alpha value is -2.21. The number of amides is 1. The number of aryl methyl sites for hydroxylation is 1. The number of benzene rings is 1. The molecule has 1 heterocycles. The third-order valence-corrected chi connectivity index (χ3v) is 5.51. The van der Waals surface area contributed by atoms with E-state index in [0.29, 0.717) is 5.69 Å². The molecule has 138 valence electrons. The Morgan fingerprint density at radius 3 is 2.65 bits per heavy atom. The SMILES string of the molecule is CCc1ccc(-c2nc(CC(=O)OCC(=O)NC3CCCC3)cs2)cc1. The normalized spacial score (nSPS) is 14.3. The Labute approximate surface area is 157 Å². The summed E-state index contributed by atoms with van der Waals surface area (Å²) in [6.07, 6.45) is 5.42. The third-order valence-electron chi connectivity index (χ3n) is 4.57. The molecule has 0 bridgehead atoms. The average molecular weight is 372 g/mol. The van der Waals surface area contributed by atoms with Crippen molar-refractivity contribution in [2.75, 3.05) is 6.61 Å². The molecule has 0 unspecified atom stereocenters. The molecule has 0 aliphatic heterocycles. The first kappa shape index (κ1) is 18.6. The Bertz CT molecular complexity index is 749. The van der Waals surface area contributed by atoms with Crippen LogP contribution in [0.15, 0.2) is 29.6 Å². The van der Waals surface area contributed by atoms with Crippen molar-refractivity contribution in [3.8, 4) is 10.6 Å². The number of esters is 1. The molecule has 5 nitrogen and oxygen atoms in total. The highest BCUT2D eigenvalue weighted by Crippen LogP contribution is 2.24. The summed E-state index contributed by atoms with van der Waals surface area (Å²) < 4.78 is 5.08. The van der Waals surface area contributed by atoms with Gasteiger partial charge in [-0.2, -0.15) is 0 Å². The molecule has 3 rings (SSSR count). The zero-order valence-electron chi connectivity index (χ0n) is 15.0. The van der Waals surface area contributed by atoms with E-state index in [9.17, 15) is 9.59 Å². The number of nitrogens with one attached hydrogen (secondary N) is 1. The van der Waals surface area contributed by atoms with Gasteiger partial charge in [-0.25, -0.2) is 4.98 Å². The van der Waals surface area contributed by atoms with Crippen LogP contribution in [0.1, 0.15) is 43.9 Å². The summed E-state index contributed by atoms with van der Waals surface area (Å²) in [5.41, 5.74) is 3.00. The lowest BCUT2D eigenvalue weighted by Gasteiger charge is -2.11. The molecule has 1 aliphatic rings. The molecule has 2 aromatic rings. The van der Waals surface area contributed by atoms with E-state index in [1.807, 2.05) is 17.5 Å². The molecule has 1 aromatic heterocycles. The number of ether oxygens (including phenoxy) is 1. The first-order chi connectivity index (χ1) is 12.6. The van der Waals surface area contributed by atoms with E-state index in [4.69, 9.17) is 4.74 Å². The smallest absolute Gasteiger partial charge is 0.312 e. The second-order valence-electron chi connectivity index (χ2n) is 6.58. The van der Waals surface area contributed by atoms with Gasteiger partial charge in [-0.3, -0.25) is 9.59 Å². The number of hydrogen-bond acceptors (Lipinski definition) is 5. The lowest BCUT2D eigenvalue weighted by atomic mass is 10.1. The van der Waals surface area contributed by atoms with Gasteiger partial charge in [0, 0.05) is 17.0 Å². The van der Waals surface area contributed by atoms with Crippen LogP contribution in [-0.4, -0.2) is 29.5 Å². The van der Waals surface area contributed by atoms with Gasteiger partial charge in [0.1, 0.15) is 5.01 Å². The summed E-state index contributed by atoms with van der Waals surface area (Å²) in [5.74, 6) is -0.648. The Kier molecular flexibility index (Phi) is 6.39. The number of aromatic nitrogens is 1. The van der Waals surface area contributed by atoms with Gasteiger partial charge in [-0.15, -0.1) is 11.3 Å². The third kappa shape index (κ3) is 5.14. The summed E-state index contributed by atoms with van der Waals surface area (Å²) in [7, 11) is 0. The lowest BCUT2D eigenvalue weighted by molar-refractivity contribution is -0.148. The van der Waals surface area contributed by atoms with Crippen LogP contribution < -0.4 is 5.32 Å². The van der Waals surface area contributed by atoms with Gasteiger partial charge < -0.3 is 10.1 Å². The van der Waals surface area contributed by atoms with Crippen molar-refractivity contribution in [2.24, 2.45) is 0 Å². The van der Waals surface area contributed by atoms with E-state index < -0.39 is 5.97 Å². The predicted molar refractivity (Wildman–Crippen MR) is 102 cm³/mol. The van der Waals surface area contributed by atoms with Crippen molar-refractivity contribution < 1.29 is 14.3 Å². The molecule has 0 saturated heterocycles. The van der Waals surface area contributed by atoms with Crippen LogP contribution in [-0.2, 0) is 27.2 Å². The number of nitrogens with zero attached hydrogens (tertiary/aromatic N) is 1. The minimum atomic E-state index is -0.426. The highest BCUT2D eigenvalue weighted by Gasteiger charge is 2.18. The molecule has 6 heteroatoms. The monoisotopic (exact) mass is 372 g/mol. The molecule has 26 heavy (non-hydrogen) atoms. The predicted octanol–water partition coefficient (Wildman–Crippen LogP) is 3.52. The minimum Gasteiger partial charge on any atom is -0.455 e. The molecule has 1 amide bonds. The van der Waals surface area contributed by atoms with Gasteiger partial charge in [-0.1, -0.05) is 44.0 Å². The Morgan fingerprint density at radius 1 is 1.23 bits per heavy atom. The van der Waals surface area contributed by atoms with Crippen LogP contribution in [0.4, 0.5) is 0 Å². The number of carbonyl (C=O) groups excluding carboxylic acids is 2. The number of hydrogen-bond donors (Lipinski definition) is 1. The maximum Gasteiger partial charge on any atom is 0.312 e. The highest BCUT2D eigenvalue weighted by molar-refractivity contribution is 7.13. The Balaban J connectivity index is 1.46. The van der Waals surface area contributed by atoms with E-state index in [1.54, 1.807) is 0 Å². The average Bonchev–Trinajstić information content (AvgIpc) is 3.32. The van der Waals surface area contributed by atoms with Crippen LogP contribution in [0.3, 0.4) is 0 Å². The highest BCUT2D eigenvalue weighted by atomic mass is 32.1. The van der Waals surface area contributed by atoms with Crippen LogP contribution in [0, 0.1) is 0 Å². The van der Waals surface area contributed by atoms with Gasteiger partial charge in [0.15, 0.2) is 6.61 Å². The Morgan fingerprint density at radius 2 is 1.96 bits per heavy atom. The first-order valence-corrected chi connectivity index (χ1v) is 10.0. The molecule has 1 aromatic carbocycles. The molecule has 1 saturated carbocycles. The van der Waals surface area contributed by atoms with Crippen LogP contribution in [0.2, 0.25) is 0 Å². The van der Waals surface area contributed by atoms with Gasteiger partial charge in [-0.05, 0) is 24.8 Å². The molecule has 1 aliphatic carbocycles. The van der Waals surface area contributed by atoms with E-state index >= 15 is 0 Å². The van der Waals surface area contributed by atoms with Gasteiger partial charge >= 0.3 is 5.97 Å². The fourth-order valence-electron chi connectivity index (χ4n) is 3.09. The van der Waals surface area contributed by atoms with E-state index in [-0.39, 0.29) is 25.0 Å². The topological polar surface area (TPSA) is 68.3 Å². The standard InChI is InChI=1S/C20H24N2O3S/c1-2-14-7-9-15(10-8-14)20-22-17(13-26-20)11-19(24)25-12-18(23)21-16-5-3-4-6-16/h7-10,13,16H,2-6,11-12H2,1H3,(H,21,23). The fraction of sp³-hybridized carbons (Fsp3) is 0.450. The number of carbonyl (C=O) groups is 2. The van der Waals surface area contributed by atoms with Crippen molar-refractivity contribution in [1.82, 2.24) is 10.3 Å². The quantitative estimate of drug-likeness (QED) is 0.755. The van der Waals surface area contributed by atoms with Crippen molar-refractivity contribution in [1.29, 1.82) is 0 Å².